The summed E-state index contributed by atoms with van der Waals surface area (Å²) in [5.41, 5.74) is 0.760. The maximum Gasteiger partial charge on any atom is 0.176 e. The molecular formula is C11H10BrNOS. The maximum atomic E-state index is 11.3. The van der Waals surface area contributed by atoms with Gasteiger partial charge in [0.15, 0.2) is 5.78 Å². The van der Waals surface area contributed by atoms with E-state index in [1.165, 1.54) is 4.88 Å². The van der Waals surface area contributed by atoms with Gasteiger partial charge in [0.25, 0.3) is 0 Å². The molecule has 0 aliphatic carbocycles. The SMILES string of the molecule is CC(=O)c1cccn1Cc1sccc1Br. The van der Waals surface area contributed by atoms with Crippen molar-refractivity contribution < 1.29 is 4.79 Å². The fourth-order valence-corrected chi connectivity index (χ4v) is 2.94. The fourth-order valence-electron chi connectivity index (χ4n) is 1.46. The third-order valence-corrected chi connectivity index (χ3v) is 4.11. The van der Waals surface area contributed by atoms with Gasteiger partial charge in [-0.2, -0.15) is 0 Å². The number of ketones is 1. The summed E-state index contributed by atoms with van der Waals surface area (Å²) in [6, 6.07) is 5.78. The van der Waals surface area contributed by atoms with E-state index in [1.807, 2.05) is 34.3 Å². The molecule has 2 heterocycles. The highest BCUT2D eigenvalue weighted by Crippen LogP contribution is 2.24. The molecule has 78 valence electrons. The smallest absolute Gasteiger partial charge is 0.176 e. The average molecular weight is 284 g/mol. The van der Waals surface area contributed by atoms with Gasteiger partial charge in [-0.15, -0.1) is 11.3 Å². The molecule has 0 fully saturated rings. The second-order valence-corrected chi connectivity index (χ2v) is 5.12. The van der Waals surface area contributed by atoms with Crippen LogP contribution in [-0.2, 0) is 6.54 Å². The molecule has 2 aromatic rings. The Morgan fingerprint density at radius 2 is 2.33 bits per heavy atom. The Bertz CT molecular complexity index is 486. The molecule has 4 heteroatoms. The van der Waals surface area contributed by atoms with Gasteiger partial charge in [0, 0.05) is 22.5 Å². The van der Waals surface area contributed by atoms with E-state index in [0.29, 0.717) is 0 Å². The summed E-state index contributed by atoms with van der Waals surface area (Å²) in [4.78, 5) is 12.5. The summed E-state index contributed by atoms with van der Waals surface area (Å²) in [6.45, 7) is 2.34. The van der Waals surface area contributed by atoms with Crippen molar-refractivity contribution >= 4 is 33.0 Å². The van der Waals surface area contributed by atoms with Crippen molar-refractivity contribution in [3.8, 4) is 0 Å². The molecule has 15 heavy (non-hydrogen) atoms. The zero-order valence-electron chi connectivity index (χ0n) is 8.24. The van der Waals surface area contributed by atoms with Crippen LogP contribution in [0, 0.1) is 0 Å². The summed E-state index contributed by atoms with van der Waals surface area (Å²) < 4.78 is 3.08. The highest BCUT2D eigenvalue weighted by atomic mass is 79.9. The summed E-state index contributed by atoms with van der Waals surface area (Å²) in [5, 5.41) is 2.04. The van der Waals surface area contributed by atoms with Crippen LogP contribution in [0.1, 0.15) is 22.3 Å². The molecule has 2 aromatic heterocycles. The molecule has 2 rings (SSSR count). The Labute approximate surface area is 101 Å². The Hall–Kier alpha value is -0.870. The summed E-state index contributed by atoms with van der Waals surface area (Å²) in [7, 11) is 0. The molecule has 0 N–H and O–H groups in total. The highest BCUT2D eigenvalue weighted by molar-refractivity contribution is 9.10. The fraction of sp³-hybridized carbons (Fsp3) is 0.182. The monoisotopic (exact) mass is 283 g/mol. The lowest BCUT2D eigenvalue weighted by molar-refractivity contribution is 0.100. The van der Waals surface area contributed by atoms with Crippen molar-refractivity contribution in [1.29, 1.82) is 0 Å². The average Bonchev–Trinajstić information content (AvgIpc) is 2.77. The van der Waals surface area contributed by atoms with Gasteiger partial charge in [-0.25, -0.2) is 0 Å². The first-order valence-corrected chi connectivity index (χ1v) is 6.23. The van der Waals surface area contributed by atoms with E-state index >= 15 is 0 Å². The molecular weight excluding hydrogens is 274 g/mol. The van der Waals surface area contributed by atoms with Gasteiger partial charge in [-0.3, -0.25) is 4.79 Å². The normalized spacial score (nSPS) is 10.5. The minimum Gasteiger partial charge on any atom is -0.340 e. The maximum absolute atomic E-state index is 11.3. The van der Waals surface area contributed by atoms with Gasteiger partial charge in [0.2, 0.25) is 0 Å². The van der Waals surface area contributed by atoms with Crippen LogP contribution in [0.15, 0.2) is 34.2 Å². The number of rotatable bonds is 3. The van der Waals surface area contributed by atoms with E-state index in [1.54, 1.807) is 18.3 Å². The molecule has 0 saturated heterocycles. The number of carbonyl (C=O) groups is 1. The largest absolute Gasteiger partial charge is 0.340 e. The van der Waals surface area contributed by atoms with Crippen molar-refractivity contribution in [2.45, 2.75) is 13.5 Å². The minimum atomic E-state index is 0.104. The summed E-state index contributed by atoms with van der Waals surface area (Å²) in [6.07, 6.45) is 1.93. The van der Waals surface area contributed by atoms with Crippen LogP contribution in [0.5, 0.6) is 0 Å². The molecule has 2 nitrogen and oxygen atoms in total. The lowest BCUT2D eigenvalue weighted by Gasteiger charge is -2.05. The van der Waals surface area contributed by atoms with Crippen molar-refractivity contribution in [3.05, 3.63) is 44.8 Å². The lowest BCUT2D eigenvalue weighted by atomic mass is 10.3. The molecule has 0 amide bonds. The molecule has 0 radical (unpaired) electrons. The highest BCUT2D eigenvalue weighted by Gasteiger charge is 2.08. The zero-order valence-corrected chi connectivity index (χ0v) is 10.6. The quantitative estimate of drug-likeness (QED) is 0.790. The number of thiophene rings is 1. The van der Waals surface area contributed by atoms with E-state index in [9.17, 15) is 4.79 Å². The number of hydrogen-bond donors (Lipinski definition) is 0. The number of Topliss-reactive ketones (excluding diaryl/α,β-unsaturated/α-hetero) is 1. The van der Waals surface area contributed by atoms with Crippen LogP contribution >= 0.6 is 27.3 Å². The van der Waals surface area contributed by atoms with Crippen molar-refractivity contribution in [2.24, 2.45) is 0 Å². The minimum absolute atomic E-state index is 0.104. The van der Waals surface area contributed by atoms with Gasteiger partial charge in [-0.1, -0.05) is 0 Å². The van der Waals surface area contributed by atoms with Gasteiger partial charge < -0.3 is 4.57 Å². The third kappa shape index (κ3) is 2.21. The second-order valence-electron chi connectivity index (χ2n) is 3.27. The molecule has 0 aromatic carbocycles. The molecule has 0 saturated carbocycles. The third-order valence-electron chi connectivity index (χ3n) is 2.20. The van der Waals surface area contributed by atoms with E-state index < -0.39 is 0 Å². The predicted molar refractivity (Wildman–Crippen MR) is 65.6 cm³/mol. The van der Waals surface area contributed by atoms with Gasteiger partial charge in [-0.05, 0) is 39.5 Å². The molecule has 0 aliphatic heterocycles. The number of hydrogen-bond acceptors (Lipinski definition) is 2. The van der Waals surface area contributed by atoms with Crippen molar-refractivity contribution in [2.75, 3.05) is 0 Å². The topological polar surface area (TPSA) is 22.0 Å². The van der Waals surface area contributed by atoms with Crippen LogP contribution in [-0.4, -0.2) is 10.4 Å². The zero-order chi connectivity index (χ0) is 10.8. The van der Waals surface area contributed by atoms with Crippen LogP contribution < -0.4 is 0 Å². The van der Waals surface area contributed by atoms with Gasteiger partial charge in [0.05, 0.1) is 12.2 Å². The van der Waals surface area contributed by atoms with E-state index in [4.69, 9.17) is 0 Å². The van der Waals surface area contributed by atoms with E-state index in [-0.39, 0.29) is 5.78 Å². The van der Waals surface area contributed by atoms with E-state index in [2.05, 4.69) is 15.9 Å². The molecule has 0 atom stereocenters. The summed E-state index contributed by atoms with van der Waals surface area (Å²) >= 11 is 5.17. The van der Waals surface area contributed by atoms with Gasteiger partial charge >= 0.3 is 0 Å². The molecule has 0 unspecified atom stereocenters. The van der Waals surface area contributed by atoms with Crippen LogP contribution in [0.2, 0.25) is 0 Å². The number of aromatic nitrogens is 1. The first-order valence-electron chi connectivity index (χ1n) is 4.56. The Morgan fingerprint density at radius 1 is 1.53 bits per heavy atom. The summed E-state index contributed by atoms with van der Waals surface area (Å²) in [5.74, 6) is 0.104. The second kappa shape index (κ2) is 4.33. The Morgan fingerprint density at radius 3 is 2.93 bits per heavy atom. The number of halogens is 1. The van der Waals surface area contributed by atoms with Crippen LogP contribution in [0.25, 0.3) is 0 Å². The predicted octanol–water partition coefficient (Wildman–Crippen LogP) is 3.56. The van der Waals surface area contributed by atoms with Gasteiger partial charge in [0.1, 0.15) is 0 Å². The Balaban J connectivity index is 2.28. The van der Waals surface area contributed by atoms with Crippen molar-refractivity contribution in [1.82, 2.24) is 4.57 Å². The number of nitrogens with zero attached hydrogens (tertiary/aromatic N) is 1. The first-order chi connectivity index (χ1) is 7.18. The molecule has 0 spiro atoms. The standard InChI is InChI=1S/C11H10BrNOS/c1-8(14)10-3-2-5-13(10)7-11-9(12)4-6-15-11/h2-6H,7H2,1H3. The van der Waals surface area contributed by atoms with Crippen LogP contribution in [0.4, 0.5) is 0 Å². The van der Waals surface area contributed by atoms with Crippen molar-refractivity contribution in [3.63, 3.8) is 0 Å². The van der Waals surface area contributed by atoms with Crippen LogP contribution in [0.3, 0.4) is 0 Å². The number of carbonyl (C=O) groups excluding carboxylic acids is 1. The first kappa shape index (κ1) is 10.6. The van der Waals surface area contributed by atoms with E-state index in [0.717, 1.165) is 16.7 Å². The lowest BCUT2D eigenvalue weighted by Crippen LogP contribution is -2.05. The molecule has 0 bridgehead atoms. The molecule has 0 aliphatic rings. The Kier molecular flexibility index (Phi) is 3.07.